The Bertz CT molecular complexity index is 452. The number of likely N-dealkylation sites (tertiary alicyclic amines) is 1. The van der Waals surface area contributed by atoms with Gasteiger partial charge in [0.05, 0.1) is 12.7 Å². The third kappa shape index (κ3) is 4.93. The molecule has 0 amide bonds. The van der Waals surface area contributed by atoms with Crippen LogP contribution in [0, 0.1) is 5.82 Å². The number of rotatable bonds is 2. The lowest BCUT2D eigenvalue weighted by Gasteiger charge is -2.33. The Hall–Kier alpha value is -1.17. The van der Waals surface area contributed by atoms with Crippen molar-refractivity contribution in [3.63, 3.8) is 0 Å². The predicted molar refractivity (Wildman–Crippen MR) is 86.6 cm³/mol. The van der Waals surface area contributed by atoms with Crippen molar-refractivity contribution in [2.75, 3.05) is 38.2 Å². The fourth-order valence-electron chi connectivity index (χ4n) is 3.01. The summed E-state index contributed by atoms with van der Waals surface area (Å²) in [6.07, 6.45) is 3.82. The largest absolute Gasteiger partial charge is 0.395 e. The molecular formula is C17H27FN2O2. The summed E-state index contributed by atoms with van der Waals surface area (Å²) in [5.41, 5.74) is 1.02. The van der Waals surface area contributed by atoms with Crippen LogP contribution in [0.1, 0.15) is 25.7 Å². The first-order valence-corrected chi connectivity index (χ1v) is 8.10. The molecule has 2 aliphatic rings. The summed E-state index contributed by atoms with van der Waals surface area (Å²) < 4.78 is 12.8. The Labute approximate surface area is 132 Å². The Morgan fingerprint density at radius 1 is 1.23 bits per heavy atom. The summed E-state index contributed by atoms with van der Waals surface area (Å²) in [5.74, 6) is -0.139. The van der Waals surface area contributed by atoms with Gasteiger partial charge >= 0.3 is 0 Å². The number of likely N-dealkylation sites (N-methyl/N-ethyl adjacent to an activating group) is 1. The second kappa shape index (κ2) is 8.46. The van der Waals surface area contributed by atoms with Gasteiger partial charge in [0.1, 0.15) is 5.82 Å². The van der Waals surface area contributed by atoms with E-state index < -0.39 is 0 Å². The molecule has 2 N–H and O–H groups in total. The predicted octanol–water partition coefficient (Wildman–Crippen LogP) is 1.86. The number of hydrogen-bond acceptors (Lipinski definition) is 4. The van der Waals surface area contributed by atoms with Crippen molar-refractivity contribution in [2.45, 2.75) is 37.8 Å². The lowest BCUT2D eigenvalue weighted by molar-refractivity contribution is 0.0307. The molecule has 0 saturated carbocycles. The minimum absolute atomic E-state index is 0.139. The molecule has 5 heteroatoms. The fraction of sp³-hybridized carbons (Fsp3) is 0.647. The minimum Gasteiger partial charge on any atom is -0.395 e. The summed E-state index contributed by atoms with van der Waals surface area (Å²) >= 11 is 0. The van der Waals surface area contributed by atoms with Gasteiger partial charge in [0.25, 0.3) is 0 Å². The first-order valence-electron chi connectivity index (χ1n) is 8.10. The van der Waals surface area contributed by atoms with Gasteiger partial charge in [-0.1, -0.05) is 6.07 Å². The standard InChI is InChI=1S/C10H12FN.C7H15NO2/c11-9-4-3-5-10(8-9)12-6-1-2-7-12;1-8-3-2-7(10)4-6(8)5-9/h3-5,8H,1-2,6-7H2;6-7,9-10H,2-5H2,1H3. The van der Waals surface area contributed by atoms with Crippen molar-refractivity contribution in [1.82, 2.24) is 4.90 Å². The van der Waals surface area contributed by atoms with Crippen LogP contribution in [-0.4, -0.2) is 60.5 Å². The SMILES string of the molecule is CN1CCC(O)CC1CO.Fc1cccc(N2CCCC2)c1. The van der Waals surface area contributed by atoms with E-state index in [1.165, 1.54) is 18.9 Å². The highest BCUT2D eigenvalue weighted by Gasteiger charge is 2.23. The van der Waals surface area contributed by atoms with E-state index in [1.807, 2.05) is 13.1 Å². The molecule has 124 valence electrons. The molecule has 0 aromatic heterocycles. The maximum absolute atomic E-state index is 12.8. The third-order valence-electron chi connectivity index (χ3n) is 4.47. The molecule has 2 unspecified atom stereocenters. The van der Waals surface area contributed by atoms with Crippen molar-refractivity contribution in [2.24, 2.45) is 0 Å². The normalized spacial score (nSPS) is 25.7. The zero-order valence-electron chi connectivity index (χ0n) is 13.3. The quantitative estimate of drug-likeness (QED) is 0.875. The average Bonchev–Trinajstić information content (AvgIpc) is 3.05. The lowest BCUT2D eigenvalue weighted by atomic mass is 10.0. The Morgan fingerprint density at radius 3 is 2.55 bits per heavy atom. The van der Waals surface area contributed by atoms with Crippen LogP contribution in [0.25, 0.3) is 0 Å². The maximum atomic E-state index is 12.8. The van der Waals surface area contributed by atoms with Crippen LogP contribution in [0.2, 0.25) is 0 Å². The minimum atomic E-state index is -0.201. The van der Waals surface area contributed by atoms with Gasteiger partial charge in [-0.05, 0) is 50.9 Å². The Morgan fingerprint density at radius 2 is 1.95 bits per heavy atom. The van der Waals surface area contributed by atoms with Gasteiger partial charge in [-0.15, -0.1) is 0 Å². The molecule has 4 nitrogen and oxygen atoms in total. The molecule has 2 fully saturated rings. The summed E-state index contributed by atoms with van der Waals surface area (Å²) in [5, 5.41) is 18.0. The van der Waals surface area contributed by atoms with Gasteiger partial charge in [-0.3, -0.25) is 0 Å². The van der Waals surface area contributed by atoms with Crippen molar-refractivity contribution < 1.29 is 14.6 Å². The molecule has 1 aromatic carbocycles. The van der Waals surface area contributed by atoms with Gasteiger partial charge in [0.2, 0.25) is 0 Å². The molecule has 1 aromatic rings. The number of piperidine rings is 1. The number of aliphatic hydroxyl groups excluding tert-OH is 2. The van der Waals surface area contributed by atoms with Crippen LogP contribution >= 0.6 is 0 Å². The van der Waals surface area contributed by atoms with E-state index >= 15 is 0 Å². The first-order chi connectivity index (χ1) is 10.6. The molecule has 0 aliphatic carbocycles. The van der Waals surface area contributed by atoms with E-state index in [9.17, 15) is 9.50 Å². The highest BCUT2D eigenvalue weighted by Crippen LogP contribution is 2.20. The zero-order valence-corrected chi connectivity index (χ0v) is 13.3. The Balaban J connectivity index is 0.000000164. The summed E-state index contributed by atoms with van der Waals surface area (Å²) in [6.45, 7) is 3.20. The fourth-order valence-corrected chi connectivity index (χ4v) is 3.01. The monoisotopic (exact) mass is 310 g/mol. The van der Waals surface area contributed by atoms with Gasteiger partial charge in [-0.25, -0.2) is 4.39 Å². The number of aliphatic hydroxyl groups is 2. The Kier molecular flexibility index (Phi) is 6.61. The van der Waals surface area contributed by atoms with E-state index in [2.05, 4.69) is 9.80 Å². The van der Waals surface area contributed by atoms with E-state index in [0.717, 1.165) is 31.7 Å². The van der Waals surface area contributed by atoms with Crippen molar-refractivity contribution >= 4 is 5.69 Å². The molecular weight excluding hydrogens is 283 g/mol. The first kappa shape index (κ1) is 17.2. The molecule has 2 atom stereocenters. The van der Waals surface area contributed by atoms with Crippen molar-refractivity contribution in [3.05, 3.63) is 30.1 Å². The number of hydrogen-bond donors (Lipinski definition) is 2. The second-order valence-corrected chi connectivity index (χ2v) is 6.17. The van der Waals surface area contributed by atoms with E-state index in [1.54, 1.807) is 12.1 Å². The van der Waals surface area contributed by atoms with Crippen LogP contribution in [0.15, 0.2) is 24.3 Å². The molecule has 2 saturated heterocycles. The van der Waals surface area contributed by atoms with Crippen LogP contribution in [-0.2, 0) is 0 Å². The van der Waals surface area contributed by atoms with Crippen LogP contribution in [0.5, 0.6) is 0 Å². The lowest BCUT2D eigenvalue weighted by Crippen LogP contribution is -2.43. The summed E-state index contributed by atoms with van der Waals surface area (Å²) in [6, 6.07) is 6.99. The second-order valence-electron chi connectivity index (χ2n) is 6.17. The maximum Gasteiger partial charge on any atom is 0.125 e. The van der Waals surface area contributed by atoms with Crippen molar-refractivity contribution in [3.8, 4) is 0 Å². The van der Waals surface area contributed by atoms with Crippen LogP contribution in [0.4, 0.5) is 10.1 Å². The number of nitrogens with zero attached hydrogens (tertiary/aromatic N) is 2. The highest BCUT2D eigenvalue weighted by molar-refractivity contribution is 5.46. The molecule has 0 radical (unpaired) electrons. The topological polar surface area (TPSA) is 46.9 Å². The zero-order chi connectivity index (χ0) is 15.9. The van der Waals surface area contributed by atoms with E-state index in [-0.39, 0.29) is 24.6 Å². The summed E-state index contributed by atoms with van der Waals surface area (Å²) in [7, 11) is 1.98. The molecule has 22 heavy (non-hydrogen) atoms. The average molecular weight is 310 g/mol. The van der Waals surface area contributed by atoms with Gasteiger partial charge in [0, 0.05) is 31.4 Å². The van der Waals surface area contributed by atoms with Gasteiger partial charge in [-0.2, -0.15) is 0 Å². The molecule has 2 aliphatic heterocycles. The van der Waals surface area contributed by atoms with Gasteiger partial charge < -0.3 is 20.0 Å². The molecule has 2 heterocycles. The van der Waals surface area contributed by atoms with Crippen molar-refractivity contribution in [1.29, 1.82) is 0 Å². The van der Waals surface area contributed by atoms with Crippen LogP contribution < -0.4 is 4.90 Å². The third-order valence-corrected chi connectivity index (χ3v) is 4.47. The molecule has 3 rings (SSSR count). The molecule has 0 spiro atoms. The van der Waals surface area contributed by atoms with Gasteiger partial charge in [0.15, 0.2) is 0 Å². The van der Waals surface area contributed by atoms with E-state index in [0.29, 0.717) is 6.42 Å². The number of halogens is 1. The highest BCUT2D eigenvalue weighted by atomic mass is 19.1. The molecule has 0 bridgehead atoms. The number of anilines is 1. The van der Waals surface area contributed by atoms with E-state index in [4.69, 9.17) is 5.11 Å². The smallest absolute Gasteiger partial charge is 0.125 e. The van der Waals surface area contributed by atoms with Crippen LogP contribution in [0.3, 0.4) is 0 Å². The number of benzene rings is 1. The summed E-state index contributed by atoms with van der Waals surface area (Å²) in [4.78, 5) is 4.32.